The molecule has 27 heavy (non-hydrogen) atoms. The fourth-order valence-corrected chi connectivity index (χ4v) is 3.84. The van der Waals surface area contributed by atoms with E-state index in [2.05, 4.69) is 15.1 Å². The number of fused-ring (bicyclic) bond motifs is 1. The van der Waals surface area contributed by atoms with E-state index in [0.29, 0.717) is 15.5 Å². The lowest BCUT2D eigenvalue weighted by atomic mass is 10.2. The molecule has 8 heteroatoms. The van der Waals surface area contributed by atoms with Gasteiger partial charge in [-0.3, -0.25) is 19.4 Å². The second-order valence-electron chi connectivity index (χ2n) is 6.17. The number of aromatic nitrogens is 4. The van der Waals surface area contributed by atoms with Gasteiger partial charge < -0.3 is 0 Å². The maximum atomic E-state index is 14.1. The van der Waals surface area contributed by atoms with Gasteiger partial charge in [-0.2, -0.15) is 5.10 Å². The van der Waals surface area contributed by atoms with E-state index < -0.39 is 5.82 Å². The summed E-state index contributed by atoms with van der Waals surface area (Å²) in [5.74, 6) is -0.686. The monoisotopic (exact) mass is 381 g/mol. The average Bonchev–Trinajstić information content (AvgIpc) is 3.23. The first kappa shape index (κ1) is 17.3. The van der Waals surface area contributed by atoms with Crippen LogP contribution in [-0.4, -0.2) is 25.7 Å². The van der Waals surface area contributed by atoms with Gasteiger partial charge in [0.15, 0.2) is 10.8 Å². The van der Waals surface area contributed by atoms with Crippen LogP contribution in [0.15, 0.2) is 48.9 Å². The fraction of sp³-hybridized carbons (Fsp3) is 0.158. The number of carbonyl (C=O) groups is 1. The number of halogens is 1. The molecule has 0 aliphatic carbocycles. The number of pyridine rings is 1. The summed E-state index contributed by atoms with van der Waals surface area (Å²) < 4.78 is 16.4. The van der Waals surface area contributed by atoms with Crippen LogP contribution in [0.3, 0.4) is 0 Å². The average molecular weight is 381 g/mol. The van der Waals surface area contributed by atoms with Gasteiger partial charge in [-0.1, -0.05) is 23.5 Å². The van der Waals surface area contributed by atoms with Gasteiger partial charge in [0, 0.05) is 31.2 Å². The number of benzene rings is 1. The molecule has 6 nitrogen and oxygen atoms in total. The van der Waals surface area contributed by atoms with Gasteiger partial charge in [0.25, 0.3) is 5.91 Å². The molecular weight excluding hydrogens is 365 g/mol. The van der Waals surface area contributed by atoms with Crippen molar-refractivity contribution in [3.8, 4) is 0 Å². The standard InChI is InChI=1S/C19H16FN5OS/c1-12-10-24(2)23-16(12)18(26)25(11-13-5-4-8-21-9-13)19-22-17-14(20)6-3-7-15(17)27-19/h3-10H,11H2,1-2H3. The first-order valence-electron chi connectivity index (χ1n) is 8.29. The second kappa shape index (κ2) is 6.88. The Labute approximate surface area is 158 Å². The van der Waals surface area contributed by atoms with E-state index >= 15 is 0 Å². The molecule has 0 saturated heterocycles. The zero-order valence-corrected chi connectivity index (χ0v) is 15.6. The number of hydrogen-bond donors (Lipinski definition) is 0. The Hall–Kier alpha value is -3.13. The van der Waals surface area contributed by atoms with Crippen molar-refractivity contribution in [1.29, 1.82) is 0 Å². The van der Waals surface area contributed by atoms with Gasteiger partial charge in [-0.05, 0) is 30.7 Å². The summed E-state index contributed by atoms with van der Waals surface area (Å²) in [6.07, 6.45) is 5.15. The number of hydrogen-bond acceptors (Lipinski definition) is 5. The minimum atomic E-state index is -0.405. The molecule has 0 atom stereocenters. The first-order valence-corrected chi connectivity index (χ1v) is 9.10. The van der Waals surface area contributed by atoms with Crippen LogP contribution in [0.25, 0.3) is 10.2 Å². The van der Waals surface area contributed by atoms with Crippen molar-refractivity contribution < 1.29 is 9.18 Å². The van der Waals surface area contributed by atoms with E-state index in [0.717, 1.165) is 11.1 Å². The highest BCUT2D eigenvalue weighted by Crippen LogP contribution is 2.32. The first-order chi connectivity index (χ1) is 13.0. The van der Waals surface area contributed by atoms with Gasteiger partial charge in [0.1, 0.15) is 11.3 Å². The van der Waals surface area contributed by atoms with Crippen molar-refractivity contribution in [3.05, 3.63) is 71.6 Å². The summed E-state index contributed by atoms with van der Waals surface area (Å²) in [5.41, 5.74) is 2.23. The highest BCUT2D eigenvalue weighted by Gasteiger charge is 2.25. The predicted octanol–water partition coefficient (Wildman–Crippen LogP) is 3.72. The minimum Gasteiger partial charge on any atom is -0.278 e. The van der Waals surface area contributed by atoms with E-state index in [4.69, 9.17) is 0 Å². The topological polar surface area (TPSA) is 63.9 Å². The maximum Gasteiger partial charge on any atom is 0.281 e. The van der Waals surface area contributed by atoms with E-state index in [1.165, 1.54) is 22.3 Å². The molecule has 0 fully saturated rings. The molecule has 0 unspecified atom stereocenters. The van der Waals surface area contributed by atoms with Crippen molar-refractivity contribution in [2.75, 3.05) is 4.90 Å². The number of carbonyl (C=O) groups excluding carboxylic acids is 1. The van der Waals surface area contributed by atoms with Gasteiger partial charge in [0.2, 0.25) is 0 Å². The van der Waals surface area contributed by atoms with Crippen molar-refractivity contribution in [1.82, 2.24) is 19.7 Å². The molecule has 3 aromatic heterocycles. The smallest absolute Gasteiger partial charge is 0.278 e. The Bertz CT molecular complexity index is 1120. The molecule has 1 aromatic carbocycles. The SMILES string of the molecule is Cc1cn(C)nc1C(=O)N(Cc1cccnc1)c1nc2c(F)cccc2s1. The van der Waals surface area contributed by atoms with Crippen LogP contribution in [0.4, 0.5) is 9.52 Å². The van der Waals surface area contributed by atoms with Gasteiger partial charge in [-0.25, -0.2) is 9.37 Å². The molecule has 0 N–H and O–H groups in total. The number of rotatable bonds is 4. The molecule has 0 saturated carbocycles. The molecule has 0 aliphatic rings. The molecule has 4 aromatic rings. The number of aryl methyl sites for hydroxylation is 2. The lowest BCUT2D eigenvalue weighted by molar-refractivity contribution is 0.0979. The summed E-state index contributed by atoms with van der Waals surface area (Å²) in [6.45, 7) is 2.10. The molecule has 136 valence electrons. The van der Waals surface area contributed by atoms with Crippen LogP contribution in [0.1, 0.15) is 21.6 Å². The second-order valence-corrected chi connectivity index (χ2v) is 7.18. The lowest BCUT2D eigenvalue weighted by Crippen LogP contribution is -2.31. The number of thiazole rings is 1. The van der Waals surface area contributed by atoms with Crippen LogP contribution in [0.2, 0.25) is 0 Å². The summed E-state index contributed by atoms with van der Waals surface area (Å²) in [4.78, 5) is 23.3. The number of anilines is 1. The highest BCUT2D eigenvalue weighted by molar-refractivity contribution is 7.22. The molecule has 0 radical (unpaired) electrons. The predicted molar refractivity (Wildman–Crippen MR) is 102 cm³/mol. The zero-order chi connectivity index (χ0) is 19.0. The summed E-state index contributed by atoms with van der Waals surface area (Å²) >= 11 is 1.27. The van der Waals surface area contributed by atoms with Crippen LogP contribution in [0, 0.1) is 12.7 Å². The normalized spacial score (nSPS) is 11.1. The Morgan fingerprint density at radius 3 is 2.81 bits per heavy atom. The molecule has 3 heterocycles. The molecule has 4 rings (SSSR count). The van der Waals surface area contributed by atoms with Crippen LogP contribution >= 0.6 is 11.3 Å². The van der Waals surface area contributed by atoms with E-state index in [9.17, 15) is 9.18 Å². The number of nitrogens with zero attached hydrogens (tertiary/aromatic N) is 5. The zero-order valence-electron chi connectivity index (χ0n) is 14.8. The van der Waals surface area contributed by atoms with Crippen LogP contribution < -0.4 is 4.90 Å². The number of para-hydroxylation sites is 1. The fourth-order valence-electron chi connectivity index (χ4n) is 2.87. The van der Waals surface area contributed by atoms with Gasteiger partial charge >= 0.3 is 0 Å². The van der Waals surface area contributed by atoms with Crippen LogP contribution in [-0.2, 0) is 13.6 Å². The molecule has 0 spiro atoms. The Balaban J connectivity index is 1.80. The Morgan fingerprint density at radius 2 is 2.15 bits per heavy atom. The summed E-state index contributed by atoms with van der Waals surface area (Å²) in [7, 11) is 1.77. The largest absolute Gasteiger partial charge is 0.281 e. The summed E-state index contributed by atoms with van der Waals surface area (Å²) in [6, 6.07) is 8.48. The molecular formula is C19H16FN5OS. The van der Waals surface area contributed by atoms with Gasteiger partial charge in [-0.15, -0.1) is 0 Å². The van der Waals surface area contributed by atoms with E-state index in [1.54, 1.807) is 42.5 Å². The molecule has 1 amide bonds. The quantitative estimate of drug-likeness (QED) is 0.540. The molecule has 0 aliphatic heterocycles. The highest BCUT2D eigenvalue weighted by atomic mass is 32.1. The van der Waals surface area contributed by atoms with E-state index in [1.807, 2.05) is 19.1 Å². The third-order valence-corrected chi connectivity index (χ3v) is 5.16. The Kier molecular flexibility index (Phi) is 4.41. The third-order valence-electron chi connectivity index (χ3n) is 4.11. The van der Waals surface area contributed by atoms with Crippen LogP contribution in [0.5, 0.6) is 0 Å². The molecule has 0 bridgehead atoms. The van der Waals surface area contributed by atoms with E-state index in [-0.39, 0.29) is 18.0 Å². The maximum absolute atomic E-state index is 14.1. The van der Waals surface area contributed by atoms with Crippen molar-refractivity contribution >= 4 is 32.6 Å². The summed E-state index contributed by atoms with van der Waals surface area (Å²) in [5, 5.41) is 4.71. The van der Waals surface area contributed by atoms with Crippen molar-refractivity contribution in [3.63, 3.8) is 0 Å². The van der Waals surface area contributed by atoms with Gasteiger partial charge in [0.05, 0.1) is 11.2 Å². The minimum absolute atomic E-state index is 0.263. The number of amides is 1. The van der Waals surface area contributed by atoms with Crippen molar-refractivity contribution in [2.24, 2.45) is 7.05 Å². The Morgan fingerprint density at radius 1 is 1.30 bits per heavy atom. The lowest BCUT2D eigenvalue weighted by Gasteiger charge is -2.19. The third kappa shape index (κ3) is 3.31. The van der Waals surface area contributed by atoms with Crippen molar-refractivity contribution in [2.45, 2.75) is 13.5 Å².